The van der Waals surface area contributed by atoms with E-state index < -0.39 is 0 Å². The Morgan fingerprint density at radius 1 is 1.36 bits per heavy atom. The molecule has 1 aliphatic rings. The SMILES string of the molecule is COc1cnc(CC2=CCCC2)cn1. The topological polar surface area (TPSA) is 35.0 Å². The summed E-state index contributed by atoms with van der Waals surface area (Å²) in [5, 5.41) is 0. The molecule has 1 aromatic rings. The number of methoxy groups -OCH3 is 1. The van der Waals surface area contributed by atoms with Crippen molar-refractivity contribution in [2.24, 2.45) is 0 Å². The number of ether oxygens (including phenoxy) is 1. The fourth-order valence-corrected chi connectivity index (χ4v) is 1.67. The molecule has 0 amide bonds. The second-order valence-electron chi connectivity index (χ2n) is 3.48. The molecule has 0 fully saturated rings. The Balaban J connectivity index is 2.02. The summed E-state index contributed by atoms with van der Waals surface area (Å²) in [4.78, 5) is 8.41. The van der Waals surface area contributed by atoms with Crippen molar-refractivity contribution < 1.29 is 4.74 Å². The van der Waals surface area contributed by atoms with Gasteiger partial charge in [0.25, 0.3) is 0 Å². The first-order valence-electron chi connectivity index (χ1n) is 4.91. The third kappa shape index (κ3) is 2.10. The molecule has 0 atom stereocenters. The molecule has 3 nitrogen and oxygen atoms in total. The van der Waals surface area contributed by atoms with Crippen molar-refractivity contribution in [1.29, 1.82) is 0 Å². The van der Waals surface area contributed by atoms with Gasteiger partial charge in [-0.25, -0.2) is 4.98 Å². The maximum absolute atomic E-state index is 4.95. The highest BCUT2D eigenvalue weighted by Gasteiger charge is 2.06. The van der Waals surface area contributed by atoms with Crippen LogP contribution in [0.4, 0.5) is 0 Å². The molecule has 2 rings (SSSR count). The van der Waals surface area contributed by atoms with Gasteiger partial charge in [0, 0.05) is 6.42 Å². The molecule has 1 aliphatic carbocycles. The molecule has 3 heteroatoms. The summed E-state index contributed by atoms with van der Waals surface area (Å²) in [7, 11) is 1.60. The van der Waals surface area contributed by atoms with E-state index in [4.69, 9.17) is 4.74 Å². The maximum atomic E-state index is 4.95. The van der Waals surface area contributed by atoms with Gasteiger partial charge >= 0.3 is 0 Å². The summed E-state index contributed by atoms with van der Waals surface area (Å²) in [6.45, 7) is 0. The molecule has 0 saturated heterocycles. The largest absolute Gasteiger partial charge is 0.480 e. The molecule has 0 aromatic carbocycles. The summed E-state index contributed by atoms with van der Waals surface area (Å²) in [5.41, 5.74) is 2.52. The number of hydrogen-bond donors (Lipinski definition) is 0. The minimum absolute atomic E-state index is 0.578. The fourth-order valence-electron chi connectivity index (χ4n) is 1.67. The lowest BCUT2D eigenvalue weighted by molar-refractivity contribution is 0.395. The summed E-state index contributed by atoms with van der Waals surface area (Å²) >= 11 is 0. The zero-order valence-corrected chi connectivity index (χ0v) is 8.36. The lowest BCUT2D eigenvalue weighted by Gasteiger charge is -2.02. The van der Waals surface area contributed by atoms with Crippen LogP contribution in [-0.2, 0) is 6.42 Å². The molecule has 0 unspecified atom stereocenters. The molecule has 0 spiro atoms. The van der Waals surface area contributed by atoms with Crippen LogP contribution in [0.1, 0.15) is 25.0 Å². The average molecular weight is 190 g/mol. The van der Waals surface area contributed by atoms with Crippen molar-refractivity contribution in [2.45, 2.75) is 25.7 Å². The summed E-state index contributed by atoms with van der Waals surface area (Å²) < 4.78 is 4.95. The van der Waals surface area contributed by atoms with Crippen molar-refractivity contribution in [2.75, 3.05) is 7.11 Å². The standard InChI is InChI=1S/C11H14N2O/c1-14-11-8-12-10(7-13-11)6-9-4-2-3-5-9/h4,7-8H,2-3,5-6H2,1H3. The zero-order chi connectivity index (χ0) is 9.80. The molecule has 0 radical (unpaired) electrons. The van der Waals surface area contributed by atoms with Gasteiger partial charge < -0.3 is 4.74 Å². The Labute approximate surface area is 83.8 Å². The van der Waals surface area contributed by atoms with Gasteiger partial charge in [0.05, 0.1) is 25.2 Å². The highest BCUT2D eigenvalue weighted by atomic mass is 16.5. The molecular formula is C11H14N2O. The third-order valence-corrected chi connectivity index (χ3v) is 2.43. The van der Waals surface area contributed by atoms with Crippen molar-refractivity contribution in [3.63, 3.8) is 0 Å². The molecule has 0 saturated carbocycles. The van der Waals surface area contributed by atoms with Crippen molar-refractivity contribution in [1.82, 2.24) is 9.97 Å². The number of rotatable bonds is 3. The van der Waals surface area contributed by atoms with Gasteiger partial charge in [-0.15, -0.1) is 0 Å². The fraction of sp³-hybridized carbons (Fsp3) is 0.455. The van der Waals surface area contributed by atoms with Crippen LogP contribution in [0.2, 0.25) is 0 Å². The van der Waals surface area contributed by atoms with Crippen LogP contribution in [0.25, 0.3) is 0 Å². The first-order chi connectivity index (χ1) is 6.88. The lowest BCUT2D eigenvalue weighted by Crippen LogP contribution is -1.95. The quantitative estimate of drug-likeness (QED) is 0.685. The molecule has 0 N–H and O–H groups in total. The van der Waals surface area contributed by atoms with Crippen molar-refractivity contribution in [3.05, 3.63) is 29.7 Å². The van der Waals surface area contributed by atoms with Crippen LogP contribution in [0, 0.1) is 0 Å². The van der Waals surface area contributed by atoms with Gasteiger partial charge in [-0.3, -0.25) is 4.98 Å². The normalized spacial score (nSPS) is 15.4. The van der Waals surface area contributed by atoms with Gasteiger partial charge in [0.15, 0.2) is 0 Å². The van der Waals surface area contributed by atoms with E-state index in [9.17, 15) is 0 Å². The van der Waals surface area contributed by atoms with E-state index >= 15 is 0 Å². The van der Waals surface area contributed by atoms with E-state index in [2.05, 4.69) is 16.0 Å². The smallest absolute Gasteiger partial charge is 0.231 e. The second kappa shape index (κ2) is 4.22. The molecule has 1 aromatic heterocycles. The molecule has 74 valence electrons. The van der Waals surface area contributed by atoms with E-state index in [0.717, 1.165) is 12.1 Å². The third-order valence-electron chi connectivity index (χ3n) is 2.43. The predicted molar refractivity (Wildman–Crippen MR) is 54.2 cm³/mol. The first-order valence-corrected chi connectivity index (χ1v) is 4.91. The van der Waals surface area contributed by atoms with Crippen LogP contribution in [0.5, 0.6) is 5.88 Å². The minimum atomic E-state index is 0.578. The molecule has 0 aliphatic heterocycles. The Morgan fingerprint density at radius 2 is 2.29 bits per heavy atom. The van der Waals surface area contributed by atoms with E-state index in [1.54, 1.807) is 19.5 Å². The Morgan fingerprint density at radius 3 is 2.86 bits per heavy atom. The molecular weight excluding hydrogens is 176 g/mol. The van der Waals surface area contributed by atoms with Gasteiger partial charge in [-0.05, 0) is 19.3 Å². The van der Waals surface area contributed by atoms with E-state index in [1.165, 1.54) is 24.8 Å². The van der Waals surface area contributed by atoms with Gasteiger partial charge in [-0.2, -0.15) is 0 Å². The van der Waals surface area contributed by atoms with Crippen LogP contribution in [-0.4, -0.2) is 17.1 Å². The predicted octanol–water partition coefficient (Wildman–Crippen LogP) is 2.14. The van der Waals surface area contributed by atoms with Crippen molar-refractivity contribution >= 4 is 0 Å². The maximum Gasteiger partial charge on any atom is 0.231 e. The number of aromatic nitrogens is 2. The highest BCUT2D eigenvalue weighted by molar-refractivity contribution is 5.17. The van der Waals surface area contributed by atoms with Gasteiger partial charge in [0.1, 0.15) is 0 Å². The average Bonchev–Trinajstić information content (AvgIpc) is 2.72. The highest BCUT2D eigenvalue weighted by Crippen LogP contribution is 2.20. The van der Waals surface area contributed by atoms with Gasteiger partial charge in [-0.1, -0.05) is 11.6 Å². The van der Waals surface area contributed by atoms with Gasteiger partial charge in [0.2, 0.25) is 5.88 Å². The van der Waals surface area contributed by atoms with E-state index in [1.807, 2.05) is 0 Å². The molecule has 1 heterocycles. The van der Waals surface area contributed by atoms with Crippen LogP contribution < -0.4 is 4.74 Å². The Hall–Kier alpha value is -1.38. The van der Waals surface area contributed by atoms with Crippen LogP contribution in [0.3, 0.4) is 0 Å². The van der Waals surface area contributed by atoms with Crippen LogP contribution in [0.15, 0.2) is 24.0 Å². The summed E-state index contributed by atoms with van der Waals surface area (Å²) in [6.07, 6.45) is 10.4. The lowest BCUT2D eigenvalue weighted by atomic mass is 10.1. The molecule has 0 bridgehead atoms. The van der Waals surface area contributed by atoms with E-state index in [0.29, 0.717) is 5.88 Å². The number of nitrogens with zero attached hydrogens (tertiary/aromatic N) is 2. The number of hydrogen-bond acceptors (Lipinski definition) is 3. The van der Waals surface area contributed by atoms with E-state index in [-0.39, 0.29) is 0 Å². The summed E-state index contributed by atoms with van der Waals surface area (Å²) in [5.74, 6) is 0.578. The zero-order valence-electron chi connectivity index (χ0n) is 8.36. The van der Waals surface area contributed by atoms with Crippen molar-refractivity contribution in [3.8, 4) is 5.88 Å². The first kappa shape index (κ1) is 9.19. The summed E-state index contributed by atoms with van der Waals surface area (Å²) in [6, 6.07) is 0. The second-order valence-corrected chi connectivity index (χ2v) is 3.48. The Kier molecular flexibility index (Phi) is 2.77. The number of allylic oxidation sites excluding steroid dienone is 2. The molecule has 14 heavy (non-hydrogen) atoms. The minimum Gasteiger partial charge on any atom is -0.480 e. The Bertz CT molecular complexity index is 330. The monoisotopic (exact) mass is 190 g/mol. The van der Waals surface area contributed by atoms with Crippen LogP contribution >= 0.6 is 0 Å².